The Balaban J connectivity index is 1.53. The highest BCUT2D eigenvalue weighted by atomic mass is 16.3. The Morgan fingerprint density at radius 2 is 2.04 bits per heavy atom. The van der Waals surface area contributed by atoms with Gasteiger partial charge in [-0.25, -0.2) is 0 Å². The van der Waals surface area contributed by atoms with Crippen LogP contribution in [0.4, 0.5) is 0 Å². The van der Waals surface area contributed by atoms with E-state index in [9.17, 15) is 19.8 Å². The fourth-order valence-corrected chi connectivity index (χ4v) is 8.06. The lowest BCUT2D eigenvalue weighted by Crippen LogP contribution is -2.50. The number of aliphatic hydroxyl groups is 2. The lowest BCUT2D eigenvalue weighted by molar-refractivity contribution is -0.133. The van der Waals surface area contributed by atoms with Crippen molar-refractivity contribution in [2.24, 2.45) is 34.0 Å². The van der Waals surface area contributed by atoms with Gasteiger partial charge in [-0.3, -0.25) is 9.59 Å². The summed E-state index contributed by atoms with van der Waals surface area (Å²) in [7, 11) is 0. The molecule has 5 aliphatic rings. The van der Waals surface area contributed by atoms with Crippen molar-refractivity contribution in [1.82, 2.24) is 0 Å². The Morgan fingerprint density at radius 3 is 2.80 bits per heavy atom. The summed E-state index contributed by atoms with van der Waals surface area (Å²) in [5, 5.41) is 20.2. The van der Waals surface area contributed by atoms with E-state index in [0.29, 0.717) is 18.3 Å². The van der Waals surface area contributed by atoms with Gasteiger partial charge in [0.2, 0.25) is 0 Å². The number of carbonyl (C=O) groups excluding carboxylic acids is 2. The monoisotopic (exact) mass is 344 g/mol. The first-order chi connectivity index (χ1) is 11.9. The summed E-state index contributed by atoms with van der Waals surface area (Å²) in [5.41, 5.74) is 1.35. The van der Waals surface area contributed by atoms with E-state index >= 15 is 0 Å². The second-order valence-electron chi connectivity index (χ2n) is 9.71. The number of fused-ring (bicyclic) bond motifs is 2. The van der Waals surface area contributed by atoms with Gasteiger partial charge in [-0.15, -0.1) is 0 Å². The molecule has 0 saturated heterocycles. The molecule has 0 bridgehead atoms. The third-order valence-electron chi connectivity index (χ3n) is 9.21. The highest BCUT2D eigenvalue weighted by Crippen LogP contribution is 2.84. The summed E-state index contributed by atoms with van der Waals surface area (Å²) in [5.74, 6) is 1.09. The summed E-state index contributed by atoms with van der Waals surface area (Å²) in [6.45, 7) is 1.91. The molecule has 7 unspecified atom stereocenters. The van der Waals surface area contributed by atoms with Gasteiger partial charge in [0.25, 0.3) is 0 Å². The van der Waals surface area contributed by atoms with Crippen molar-refractivity contribution in [3.63, 3.8) is 0 Å². The average Bonchev–Trinajstić information content (AvgIpc) is 3.11. The van der Waals surface area contributed by atoms with Gasteiger partial charge >= 0.3 is 0 Å². The number of carbonyl (C=O) groups is 2. The van der Waals surface area contributed by atoms with E-state index in [1.54, 1.807) is 6.08 Å². The molecule has 0 aromatic carbocycles. The molecule has 2 spiro atoms. The minimum atomic E-state index is -0.486. The Hall–Kier alpha value is -1.00. The summed E-state index contributed by atoms with van der Waals surface area (Å²) in [6.07, 6.45) is 8.78. The third-order valence-corrected chi connectivity index (χ3v) is 9.21. The largest absolute Gasteiger partial charge is 0.389 e. The van der Waals surface area contributed by atoms with Gasteiger partial charge in [-0.1, -0.05) is 6.92 Å². The van der Waals surface area contributed by atoms with Gasteiger partial charge in [0, 0.05) is 17.8 Å². The van der Waals surface area contributed by atoms with Crippen molar-refractivity contribution in [3.8, 4) is 0 Å². The molecule has 0 radical (unpaired) electrons. The first kappa shape index (κ1) is 16.2. The molecule has 7 atom stereocenters. The molecular formula is C21H28O4. The SMILES string of the molecule is CC12CCC34CC35CCC(=O)C=C5C(O)CC4C1CCC2C(=O)CO. The smallest absolute Gasteiger partial charge is 0.161 e. The normalized spacial score (nSPS) is 53.2. The van der Waals surface area contributed by atoms with Crippen LogP contribution in [0.3, 0.4) is 0 Å². The van der Waals surface area contributed by atoms with Crippen LogP contribution in [0.15, 0.2) is 11.6 Å². The average molecular weight is 344 g/mol. The Morgan fingerprint density at radius 1 is 1.24 bits per heavy atom. The first-order valence-electron chi connectivity index (χ1n) is 9.94. The van der Waals surface area contributed by atoms with Crippen LogP contribution in [-0.2, 0) is 9.59 Å². The molecule has 5 rings (SSSR count). The second kappa shape index (κ2) is 4.83. The number of rotatable bonds is 2. The minimum absolute atomic E-state index is 0.00617. The number of hydrogen-bond acceptors (Lipinski definition) is 4. The molecule has 2 N–H and O–H groups in total. The molecule has 4 fully saturated rings. The van der Waals surface area contributed by atoms with E-state index in [0.717, 1.165) is 50.5 Å². The van der Waals surface area contributed by atoms with Gasteiger partial charge in [0.05, 0.1) is 6.10 Å². The standard InChI is InChI=1S/C21H28O4/c1-19-6-7-21-11-20(21)5-4-12(23)8-16(20)17(24)9-15(21)13(19)2-3-14(19)18(25)10-22/h8,13-15,17,22,24H,2-7,9-11H2,1H3. The van der Waals surface area contributed by atoms with Crippen molar-refractivity contribution >= 4 is 11.6 Å². The van der Waals surface area contributed by atoms with E-state index < -0.39 is 6.10 Å². The van der Waals surface area contributed by atoms with E-state index in [2.05, 4.69) is 6.92 Å². The van der Waals surface area contributed by atoms with Gasteiger partial charge in [-0.2, -0.15) is 0 Å². The summed E-state index contributed by atoms with van der Waals surface area (Å²) in [4.78, 5) is 24.2. The predicted molar refractivity (Wildman–Crippen MR) is 91.6 cm³/mol. The van der Waals surface area contributed by atoms with E-state index in [-0.39, 0.29) is 40.3 Å². The highest BCUT2D eigenvalue weighted by molar-refractivity contribution is 5.92. The molecule has 0 aromatic heterocycles. The van der Waals surface area contributed by atoms with Crippen molar-refractivity contribution < 1.29 is 19.8 Å². The van der Waals surface area contributed by atoms with Crippen molar-refractivity contribution in [2.45, 2.75) is 64.4 Å². The minimum Gasteiger partial charge on any atom is -0.389 e. The zero-order valence-corrected chi connectivity index (χ0v) is 15.0. The van der Waals surface area contributed by atoms with Crippen LogP contribution in [0.2, 0.25) is 0 Å². The Labute approximate surface area is 148 Å². The fraction of sp³-hybridized carbons (Fsp3) is 0.810. The van der Waals surface area contributed by atoms with Crippen LogP contribution < -0.4 is 0 Å². The maximum Gasteiger partial charge on any atom is 0.161 e. The molecule has 4 saturated carbocycles. The first-order valence-corrected chi connectivity index (χ1v) is 9.94. The van der Waals surface area contributed by atoms with Gasteiger partial charge < -0.3 is 10.2 Å². The Kier molecular flexibility index (Phi) is 3.13. The van der Waals surface area contributed by atoms with E-state index in [1.807, 2.05) is 0 Å². The van der Waals surface area contributed by atoms with Crippen molar-refractivity contribution in [3.05, 3.63) is 11.6 Å². The molecular weight excluding hydrogens is 316 g/mol. The predicted octanol–water partition coefficient (Wildman–Crippen LogP) is 2.42. The van der Waals surface area contributed by atoms with Crippen LogP contribution in [-0.4, -0.2) is 34.5 Å². The molecule has 0 aromatic rings. The van der Waals surface area contributed by atoms with Gasteiger partial charge in [0.15, 0.2) is 11.6 Å². The lowest BCUT2D eigenvalue weighted by atomic mass is 9.50. The third kappa shape index (κ3) is 1.76. The molecule has 4 nitrogen and oxygen atoms in total. The Bertz CT molecular complexity index is 696. The van der Waals surface area contributed by atoms with Crippen molar-refractivity contribution in [2.75, 3.05) is 6.61 Å². The summed E-state index contributed by atoms with van der Waals surface area (Å²) < 4.78 is 0. The van der Waals surface area contributed by atoms with E-state index in [4.69, 9.17) is 0 Å². The number of aliphatic hydroxyl groups excluding tert-OH is 2. The summed E-state index contributed by atoms with van der Waals surface area (Å²) >= 11 is 0. The molecule has 4 heteroatoms. The lowest BCUT2D eigenvalue weighted by Gasteiger charge is -2.54. The summed E-state index contributed by atoms with van der Waals surface area (Å²) in [6, 6.07) is 0. The van der Waals surface area contributed by atoms with Crippen LogP contribution in [0.5, 0.6) is 0 Å². The molecule has 0 aliphatic heterocycles. The van der Waals surface area contributed by atoms with Crippen LogP contribution in [0.25, 0.3) is 0 Å². The molecule has 25 heavy (non-hydrogen) atoms. The van der Waals surface area contributed by atoms with Crippen LogP contribution >= 0.6 is 0 Å². The zero-order chi connectivity index (χ0) is 17.6. The molecule has 5 aliphatic carbocycles. The van der Waals surface area contributed by atoms with Crippen LogP contribution in [0.1, 0.15) is 58.3 Å². The van der Waals surface area contributed by atoms with Crippen LogP contribution in [0, 0.1) is 34.0 Å². The quantitative estimate of drug-likeness (QED) is 0.807. The second-order valence-corrected chi connectivity index (χ2v) is 9.71. The number of ketones is 2. The molecule has 0 heterocycles. The van der Waals surface area contributed by atoms with E-state index in [1.165, 1.54) is 0 Å². The highest BCUT2D eigenvalue weighted by Gasteiger charge is 2.78. The van der Waals surface area contributed by atoms with Gasteiger partial charge in [-0.05, 0) is 79.3 Å². The molecule has 0 amide bonds. The number of hydrogen-bond donors (Lipinski definition) is 2. The fourth-order valence-electron chi connectivity index (χ4n) is 8.06. The van der Waals surface area contributed by atoms with Gasteiger partial charge in [0.1, 0.15) is 6.61 Å². The molecule has 136 valence electrons. The maximum absolute atomic E-state index is 12.3. The maximum atomic E-state index is 12.3. The van der Waals surface area contributed by atoms with Crippen molar-refractivity contribution in [1.29, 1.82) is 0 Å². The number of Topliss-reactive ketones (excluding diaryl/α,β-unsaturated/α-hetero) is 1. The topological polar surface area (TPSA) is 74.6 Å². The zero-order valence-electron chi connectivity index (χ0n) is 15.0.